The lowest BCUT2D eigenvalue weighted by molar-refractivity contribution is 0.110. The SMILES string of the molecule is CC[C@@H]1OC(=O)O[C@@H]1CCN(Cc1ccccc1)Cc1ccccc1. The fourth-order valence-electron chi connectivity index (χ4n) is 3.22. The van der Waals surface area contributed by atoms with Crippen LogP contribution >= 0.6 is 0 Å². The normalized spacial score (nSPS) is 19.7. The summed E-state index contributed by atoms with van der Waals surface area (Å²) in [5, 5.41) is 0. The van der Waals surface area contributed by atoms with Gasteiger partial charge in [-0.05, 0) is 17.5 Å². The number of hydrogen-bond acceptors (Lipinski definition) is 4. The van der Waals surface area contributed by atoms with Crippen molar-refractivity contribution < 1.29 is 14.3 Å². The van der Waals surface area contributed by atoms with Gasteiger partial charge in [-0.25, -0.2) is 4.79 Å². The van der Waals surface area contributed by atoms with Crippen LogP contribution in [-0.2, 0) is 22.6 Å². The minimum absolute atomic E-state index is 0.122. The summed E-state index contributed by atoms with van der Waals surface area (Å²) in [6.07, 6.45) is 0.765. The van der Waals surface area contributed by atoms with Crippen LogP contribution in [0.15, 0.2) is 60.7 Å². The Bertz CT molecular complexity index is 618. The van der Waals surface area contributed by atoms with Crippen LogP contribution in [0.1, 0.15) is 30.9 Å². The van der Waals surface area contributed by atoms with Crippen molar-refractivity contribution in [3.05, 3.63) is 71.8 Å². The molecule has 3 rings (SSSR count). The van der Waals surface area contributed by atoms with Gasteiger partial charge in [0.05, 0.1) is 0 Å². The Morgan fingerprint density at radius 3 is 1.88 bits per heavy atom. The number of nitrogens with zero attached hydrogens (tertiary/aromatic N) is 1. The molecule has 0 amide bonds. The molecule has 0 aliphatic carbocycles. The molecule has 2 atom stereocenters. The summed E-state index contributed by atoms with van der Waals surface area (Å²) in [6, 6.07) is 20.9. The predicted octanol–water partition coefficient (Wildman–Crippen LogP) is 4.39. The topological polar surface area (TPSA) is 38.8 Å². The molecule has 1 aliphatic rings. The van der Waals surface area contributed by atoms with Crippen molar-refractivity contribution in [3.63, 3.8) is 0 Å². The van der Waals surface area contributed by atoms with E-state index in [1.807, 2.05) is 19.1 Å². The maximum atomic E-state index is 11.4. The molecular weight excluding hydrogens is 314 g/mol. The summed E-state index contributed by atoms with van der Waals surface area (Å²) in [4.78, 5) is 13.8. The van der Waals surface area contributed by atoms with Crippen molar-refractivity contribution >= 4 is 6.16 Å². The number of hydrogen-bond donors (Lipinski definition) is 0. The Kier molecular flexibility index (Phi) is 6.07. The lowest BCUT2D eigenvalue weighted by atomic mass is 10.1. The minimum Gasteiger partial charge on any atom is -0.427 e. The number of cyclic esters (lactones) is 2. The van der Waals surface area contributed by atoms with E-state index in [-0.39, 0.29) is 12.2 Å². The molecule has 0 spiro atoms. The zero-order valence-corrected chi connectivity index (χ0v) is 14.6. The van der Waals surface area contributed by atoms with E-state index in [4.69, 9.17) is 9.47 Å². The Labute approximate surface area is 149 Å². The second kappa shape index (κ2) is 8.67. The summed E-state index contributed by atoms with van der Waals surface area (Å²) in [5.74, 6) is 0. The first-order valence-electron chi connectivity index (χ1n) is 8.92. The number of benzene rings is 2. The van der Waals surface area contributed by atoms with Gasteiger partial charge in [0.1, 0.15) is 12.2 Å². The van der Waals surface area contributed by atoms with Gasteiger partial charge in [-0.15, -0.1) is 0 Å². The quantitative estimate of drug-likeness (QED) is 0.669. The molecule has 25 heavy (non-hydrogen) atoms. The van der Waals surface area contributed by atoms with E-state index < -0.39 is 6.16 Å². The molecule has 1 saturated heterocycles. The average Bonchev–Trinajstić information content (AvgIpc) is 3.01. The summed E-state index contributed by atoms with van der Waals surface area (Å²) in [5.41, 5.74) is 2.57. The van der Waals surface area contributed by atoms with Crippen LogP contribution in [0.4, 0.5) is 4.79 Å². The Morgan fingerprint density at radius 2 is 1.36 bits per heavy atom. The predicted molar refractivity (Wildman–Crippen MR) is 97.0 cm³/mol. The molecular formula is C21H25NO3. The van der Waals surface area contributed by atoms with Crippen LogP contribution in [0, 0.1) is 0 Å². The van der Waals surface area contributed by atoms with Crippen molar-refractivity contribution in [1.29, 1.82) is 0 Å². The molecule has 4 nitrogen and oxygen atoms in total. The van der Waals surface area contributed by atoms with Gasteiger partial charge in [-0.2, -0.15) is 0 Å². The number of ether oxygens (including phenoxy) is 2. The highest BCUT2D eigenvalue weighted by atomic mass is 16.8. The molecule has 0 unspecified atom stereocenters. The van der Waals surface area contributed by atoms with Crippen LogP contribution in [0.3, 0.4) is 0 Å². The molecule has 0 radical (unpaired) electrons. The molecule has 2 aromatic carbocycles. The number of carbonyl (C=O) groups is 1. The first-order valence-corrected chi connectivity index (χ1v) is 8.92. The fraction of sp³-hybridized carbons (Fsp3) is 0.381. The summed E-state index contributed by atoms with van der Waals surface area (Å²) < 4.78 is 10.5. The average molecular weight is 339 g/mol. The Hall–Kier alpha value is -2.33. The number of rotatable bonds is 8. The summed E-state index contributed by atoms with van der Waals surface area (Å²) >= 11 is 0. The highest BCUT2D eigenvalue weighted by Gasteiger charge is 2.35. The first-order chi connectivity index (χ1) is 12.2. The third-order valence-corrected chi connectivity index (χ3v) is 4.54. The fourth-order valence-corrected chi connectivity index (χ4v) is 3.22. The van der Waals surface area contributed by atoms with E-state index in [1.54, 1.807) is 0 Å². The third-order valence-electron chi connectivity index (χ3n) is 4.54. The van der Waals surface area contributed by atoms with Crippen LogP contribution in [0.25, 0.3) is 0 Å². The summed E-state index contributed by atoms with van der Waals surface area (Å²) in [7, 11) is 0. The van der Waals surface area contributed by atoms with E-state index >= 15 is 0 Å². The third kappa shape index (κ3) is 5.07. The van der Waals surface area contributed by atoms with Gasteiger partial charge >= 0.3 is 6.16 Å². The van der Waals surface area contributed by atoms with Crippen LogP contribution in [0.5, 0.6) is 0 Å². The molecule has 1 fully saturated rings. The lowest BCUT2D eigenvalue weighted by Crippen LogP contribution is -2.30. The standard InChI is InChI=1S/C21H25NO3/c1-2-19-20(25-21(23)24-19)13-14-22(15-17-9-5-3-6-10-17)16-18-11-7-4-8-12-18/h3-12,19-20H,2,13-16H2,1H3/t19-,20+/m0/s1. The van der Waals surface area contributed by atoms with Gasteiger partial charge in [-0.1, -0.05) is 67.6 Å². The molecule has 2 aromatic rings. The number of carbonyl (C=O) groups excluding carboxylic acids is 1. The van der Waals surface area contributed by atoms with Crippen molar-refractivity contribution in [1.82, 2.24) is 4.90 Å². The van der Waals surface area contributed by atoms with Gasteiger partial charge in [0, 0.05) is 26.1 Å². The molecule has 1 aliphatic heterocycles. The second-order valence-corrected chi connectivity index (χ2v) is 6.44. The minimum atomic E-state index is -0.533. The molecule has 0 aromatic heterocycles. The van der Waals surface area contributed by atoms with Crippen LogP contribution < -0.4 is 0 Å². The first kappa shape index (κ1) is 17.5. The van der Waals surface area contributed by atoms with Crippen molar-refractivity contribution in [3.8, 4) is 0 Å². The molecule has 0 N–H and O–H groups in total. The van der Waals surface area contributed by atoms with Crippen molar-refractivity contribution in [2.45, 2.75) is 45.1 Å². The van der Waals surface area contributed by atoms with E-state index in [1.165, 1.54) is 11.1 Å². The van der Waals surface area contributed by atoms with Crippen molar-refractivity contribution in [2.24, 2.45) is 0 Å². The largest absolute Gasteiger partial charge is 0.509 e. The van der Waals surface area contributed by atoms with Gasteiger partial charge in [0.15, 0.2) is 0 Å². The molecule has 0 bridgehead atoms. The molecule has 4 heteroatoms. The second-order valence-electron chi connectivity index (χ2n) is 6.44. The molecule has 132 valence electrons. The monoisotopic (exact) mass is 339 g/mol. The summed E-state index contributed by atoms with van der Waals surface area (Å²) in [6.45, 7) is 4.61. The van der Waals surface area contributed by atoms with E-state index in [0.29, 0.717) is 0 Å². The van der Waals surface area contributed by atoms with E-state index in [9.17, 15) is 4.79 Å². The highest BCUT2D eigenvalue weighted by molar-refractivity contribution is 5.62. The zero-order chi connectivity index (χ0) is 17.5. The maximum Gasteiger partial charge on any atom is 0.509 e. The van der Waals surface area contributed by atoms with Gasteiger partial charge in [-0.3, -0.25) is 4.90 Å². The van der Waals surface area contributed by atoms with E-state index in [0.717, 1.165) is 32.5 Å². The lowest BCUT2D eigenvalue weighted by Gasteiger charge is -2.24. The van der Waals surface area contributed by atoms with Crippen molar-refractivity contribution in [2.75, 3.05) is 6.54 Å². The van der Waals surface area contributed by atoms with Gasteiger partial charge in [0.25, 0.3) is 0 Å². The van der Waals surface area contributed by atoms with Crippen LogP contribution in [0.2, 0.25) is 0 Å². The Balaban J connectivity index is 1.64. The smallest absolute Gasteiger partial charge is 0.427 e. The van der Waals surface area contributed by atoms with E-state index in [2.05, 4.69) is 53.4 Å². The Morgan fingerprint density at radius 1 is 0.840 bits per heavy atom. The highest BCUT2D eigenvalue weighted by Crippen LogP contribution is 2.22. The maximum absolute atomic E-state index is 11.4. The molecule has 0 saturated carbocycles. The molecule has 1 heterocycles. The zero-order valence-electron chi connectivity index (χ0n) is 14.6. The van der Waals surface area contributed by atoms with Gasteiger partial charge in [0.2, 0.25) is 0 Å². The van der Waals surface area contributed by atoms with Gasteiger partial charge < -0.3 is 9.47 Å². The van der Waals surface area contributed by atoms with Crippen LogP contribution in [-0.4, -0.2) is 29.8 Å².